The third-order valence-electron chi connectivity index (χ3n) is 3.42. The lowest BCUT2D eigenvalue weighted by Gasteiger charge is -2.23. The monoisotopic (exact) mass is 314 g/mol. The molecule has 1 aliphatic carbocycles. The minimum atomic E-state index is 0.414. The third-order valence-corrected chi connectivity index (χ3v) is 5.20. The van der Waals surface area contributed by atoms with Gasteiger partial charge in [-0.05, 0) is 36.8 Å². The molecule has 2 atom stereocenters. The van der Waals surface area contributed by atoms with Gasteiger partial charge in [0, 0.05) is 27.6 Å². The highest BCUT2D eigenvalue weighted by Gasteiger charge is 2.27. The summed E-state index contributed by atoms with van der Waals surface area (Å²) in [7, 11) is 0. The molecule has 0 saturated heterocycles. The Labute approximate surface area is 129 Å². The molecule has 104 valence electrons. The van der Waals surface area contributed by atoms with E-state index in [4.69, 9.17) is 29.6 Å². The van der Waals surface area contributed by atoms with Gasteiger partial charge in [-0.15, -0.1) is 0 Å². The van der Waals surface area contributed by atoms with E-state index in [1.165, 1.54) is 19.3 Å². The summed E-state index contributed by atoms with van der Waals surface area (Å²) >= 11 is 13.2. The first-order chi connectivity index (χ1) is 9.11. The normalized spacial score (nSPS) is 22.4. The van der Waals surface area contributed by atoms with Gasteiger partial charge >= 0.3 is 0 Å². The number of rotatable bonds is 5. The topological polar surface area (TPSA) is 38.0 Å². The lowest BCUT2D eigenvalue weighted by Crippen LogP contribution is -2.27. The second-order valence-corrected chi connectivity index (χ2v) is 7.12. The van der Waals surface area contributed by atoms with Crippen LogP contribution in [0.5, 0.6) is 0 Å². The van der Waals surface area contributed by atoms with E-state index >= 15 is 0 Å². The van der Waals surface area contributed by atoms with Crippen LogP contribution in [0.15, 0.2) is 18.2 Å². The Morgan fingerprint density at radius 1 is 1.53 bits per heavy atom. The van der Waals surface area contributed by atoms with Gasteiger partial charge < -0.3 is 11.1 Å². The van der Waals surface area contributed by atoms with E-state index in [1.807, 2.05) is 30.0 Å². The lowest BCUT2D eigenvalue weighted by atomic mass is 10.1. The zero-order valence-electron chi connectivity index (χ0n) is 11.0. The first-order valence-electron chi connectivity index (χ1n) is 6.59. The highest BCUT2D eigenvalue weighted by Crippen LogP contribution is 2.33. The van der Waals surface area contributed by atoms with Gasteiger partial charge in [0.25, 0.3) is 0 Å². The molecule has 2 nitrogen and oxygen atoms in total. The van der Waals surface area contributed by atoms with E-state index in [-0.39, 0.29) is 0 Å². The van der Waals surface area contributed by atoms with Crippen molar-refractivity contribution in [2.75, 3.05) is 11.1 Å². The summed E-state index contributed by atoms with van der Waals surface area (Å²) in [5.74, 6) is 1.15. The second-order valence-electron chi connectivity index (χ2n) is 4.73. The number of nitrogens with two attached hydrogens (primary N) is 1. The highest BCUT2D eigenvalue weighted by atomic mass is 35.5. The molecule has 1 saturated carbocycles. The van der Waals surface area contributed by atoms with Gasteiger partial charge in [0.2, 0.25) is 0 Å². The number of benzene rings is 1. The minimum absolute atomic E-state index is 0.414. The molecule has 3 N–H and O–H groups in total. The fraction of sp³-hybridized carbons (Fsp3) is 0.500. The molecule has 2 unspecified atom stereocenters. The summed E-state index contributed by atoms with van der Waals surface area (Å²) < 4.78 is 0. The maximum atomic E-state index is 6.08. The van der Waals surface area contributed by atoms with E-state index in [0.717, 1.165) is 17.0 Å². The quantitative estimate of drug-likeness (QED) is 0.804. The number of anilines is 1. The molecule has 1 fully saturated rings. The summed E-state index contributed by atoms with van der Waals surface area (Å²) in [6, 6.07) is 6.12. The number of halogens is 1. The maximum absolute atomic E-state index is 6.08. The molecule has 1 aromatic carbocycles. The molecule has 0 spiro atoms. The average molecular weight is 315 g/mol. The Morgan fingerprint density at radius 2 is 2.32 bits per heavy atom. The van der Waals surface area contributed by atoms with Crippen LogP contribution in [0.4, 0.5) is 5.69 Å². The predicted molar refractivity (Wildman–Crippen MR) is 90.5 cm³/mol. The Kier molecular flexibility index (Phi) is 5.37. The Bertz CT molecular complexity index is 465. The van der Waals surface area contributed by atoms with Crippen LogP contribution in [-0.2, 0) is 0 Å². The van der Waals surface area contributed by atoms with Gasteiger partial charge in [0.1, 0.15) is 4.99 Å². The average Bonchev–Trinajstić information content (AvgIpc) is 2.77. The summed E-state index contributed by atoms with van der Waals surface area (Å²) in [5.41, 5.74) is 7.62. The van der Waals surface area contributed by atoms with E-state index < -0.39 is 0 Å². The molecule has 5 heteroatoms. The van der Waals surface area contributed by atoms with Crippen molar-refractivity contribution < 1.29 is 0 Å². The number of hydrogen-bond acceptors (Lipinski definition) is 3. The van der Waals surface area contributed by atoms with Crippen LogP contribution >= 0.6 is 35.6 Å². The van der Waals surface area contributed by atoms with Crippen LogP contribution in [0.25, 0.3) is 0 Å². The maximum Gasteiger partial charge on any atom is 0.106 e. The summed E-state index contributed by atoms with van der Waals surface area (Å²) in [6.07, 6.45) is 3.75. The van der Waals surface area contributed by atoms with Crippen molar-refractivity contribution in [1.29, 1.82) is 0 Å². The molecule has 0 radical (unpaired) electrons. The first kappa shape index (κ1) is 14.9. The van der Waals surface area contributed by atoms with Crippen molar-refractivity contribution in [3.8, 4) is 0 Å². The highest BCUT2D eigenvalue weighted by molar-refractivity contribution is 7.99. The van der Waals surface area contributed by atoms with E-state index in [9.17, 15) is 0 Å². The van der Waals surface area contributed by atoms with E-state index in [1.54, 1.807) is 0 Å². The van der Waals surface area contributed by atoms with Crippen LogP contribution in [0.1, 0.15) is 31.7 Å². The van der Waals surface area contributed by atoms with Gasteiger partial charge in [0.15, 0.2) is 0 Å². The zero-order valence-corrected chi connectivity index (χ0v) is 13.4. The van der Waals surface area contributed by atoms with Crippen LogP contribution in [-0.4, -0.2) is 22.0 Å². The van der Waals surface area contributed by atoms with Crippen LogP contribution in [0.2, 0.25) is 5.02 Å². The van der Waals surface area contributed by atoms with Crippen molar-refractivity contribution in [2.45, 2.75) is 37.5 Å². The Hall–Kier alpha value is -0.450. The van der Waals surface area contributed by atoms with Crippen molar-refractivity contribution >= 4 is 46.3 Å². The fourth-order valence-corrected chi connectivity index (χ4v) is 4.10. The zero-order chi connectivity index (χ0) is 13.8. The second kappa shape index (κ2) is 6.82. The largest absolute Gasteiger partial charge is 0.389 e. The Morgan fingerprint density at radius 3 is 3.00 bits per heavy atom. The SMILES string of the molecule is CCSC1CCCC1Nc1cc(Cl)ccc1C(N)=S. The van der Waals surface area contributed by atoms with Gasteiger partial charge in [-0.1, -0.05) is 37.2 Å². The van der Waals surface area contributed by atoms with Crippen LogP contribution in [0.3, 0.4) is 0 Å². The smallest absolute Gasteiger partial charge is 0.106 e. The number of thiocarbonyl (C=S) groups is 1. The van der Waals surface area contributed by atoms with Gasteiger partial charge in [-0.25, -0.2) is 0 Å². The van der Waals surface area contributed by atoms with Crippen molar-refractivity contribution in [3.05, 3.63) is 28.8 Å². The van der Waals surface area contributed by atoms with E-state index in [0.29, 0.717) is 21.3 Å². The molecule has 0 aliphatic heterocycles. The molecule has 1 aromatic rings. The minimum Gasteiger partial charge on any atom is -0.389 e. The molecule has 0 amide bonds. The molecule has 2 rings (SSSR count). The summed E-state index contributed by atoms with van der Waals surface area (Å²) in [6.45, 7) is 2.21. The fourth-order valence-electron chi connectivity index (χ4n) is 2.56. The summed E-state index contributed by atoms with van der Waals surface area (Å²) in [4.78, 5) is 0.414. The molecule has 0 aromatic heterocycles. The standard InChI is InChI=1S/C14H19ClN2S2/c1-2-19-13-5-3-4-11(13)17-12-8-9(15)6-7-10(12)14(16)18/h6-8,11,13,17H,2-5H2,1H3,(H2,16,18). The van der Waals surface area contributed by atoms with Crippen molar-refractivity contribution in [1.82, 2.24) is 0 Å². The molecule has 1 aliphatic rings. The molecular weight excluding hydrogens is 296 g/mol. The molecule has 19 heavy (non-hydrogen) atoms. The van der Waals surface area contributed by atoms with Gasteiger partial charge in [0.05, 0.1) is 0 Å². The van der Waals surface area contributed by atoms with Gasteiger partial charge in [-0.2, -0.15) is 11.8 Å². The molecule has 0 bridgehead atoms. The lowest BCUT2D eigenvalue weighted by molar-refractivity contribution is 0.767. The van der Waals surface area contributed by atoms with E-state index in [2.05, 4.69) is 12.2 Å². The molecule has 0 heterocycles. The van der Waals surface area contributed by atoms with Crippen molar-refractivity contribution in [2.24, 2.45) is 5.73 Å². The van der Waals surface area contributed by atoms with Crippen LogP contribution in [0, 0.1) is 0 Å². The predicted octanol–water partition coefficient (Wildman–Crippen LogP) is 4.06. The van der Waals surface area contributed by atoms with Crippen molar-refractivity contribution in [3.63, 3.8) is 0 Å². The number of thioether (sulfide) groups is 1. The number of hydrogen-bond donors (Lipinski definition) is 2. The van der Waals surface area contributed by atoms with Gasteiger partial charge in [-0.3, -0.25) is 0 Å². The van der Waals surface area contributed by atoms with Crippen LogP contribution < -0.4 is 11.1 Å². The number of nitrogens with one attached hydrogen (secondary N) is 1. The first-order valence-corrected chi connectivity index (χ1v) is 8.42. The third kappa shape index (κ3) is 3.77. The molecular formula is C14H19ClN2S2. The summed E-state index contributed by atoms with van der Waals surface area (Å²) in [5, 5.41) is 4.97. The Balaban J connectivity index is 2.17.